The van der Waals surface area contributed by atoms with Gasteiger partial charge in [-0.3, -0.25) is 14.3 Å². The molecule has 0 radical (unpaired) electrons. The monoisotopic (exact) mass is 316 g/mol. The molecule has 0 amide bonds. The zero-order chi connectivity index (χ0) is 15.6. The van der Waals surface area contributed by atoms with E-state index in [0.29, 0.717) is 30.7 Å². The van der Waals surface area contributed by atoms with Gasteiger partial charge in [-0.1, -0.05) is 0 Å². The van der Waals surface area contributed by atoms with E-state index < -0.39 is 33.2 Å². The van der Waals surface area contributed by atoms with Gasteiger partial charge in [0.2, 0.25) is 0 Å². The molecule has 1 aliphatic heterocycles. The fraction of sp³-hybridized carbons (Fsp3) is 0.417. The standard InChI is InChI=1S/C12H13FN2O5S/c1-20-12(16)8-6-10(11(15(17)18)7-9(8)13)14-2-4-21(19)5-3-14/h6-7H,2-5H2,1H3. The quantitative estimate of drug-likeness (QED) is 0.471. The SMILES string of the molecule is COC(=O)c1cc(N2CCS(=O)CC2)c([N+](=O)[O-])cc1F. The number of nitro benzene ring substituents is 1. The van der Waals surface area contributed by atoms with E-state index >= 15 is 0 Å². The molecule has 0 aromatic heterocycles. The first-order valence-electron chi connectivity index (χ1n) is 6.10. The van der Waals surface area contributed by atoms with Crippen molar-refractivity contribution in [2.45, 2.75) is 0 Å². The maximum atomic E-state index is 13.8. The number of nitrogens with zero attached hydrogens (tertiary/aromatic N) is 2. The van der Waals surface area contributed by atoms with Crippen molar-refractivity contribution < 1.29 is 23.1 Å². The molecule has 0 spiro atoms. The molecule has 114 valence electrons. The minimum Gasteiger partial charge on any atom is -0.465 e. The first-order valence-corrected chi connectivity index (χ1v) is 7.59. The smallest absolute Gasteiger partial charge is 0.340 e. The van der Waals surface area contributed by atoms with Crippen molar-refractivity contribution in [2.24, 2.45) is 0 Å². The van der Waals surface area contributed by atoms with Crippen molar-refractivity contribution in [3.8, 4) is 0 Å². The van der Waals surface area contributed by atoms with Gasteiger partial charge in [0.15, 0.2) is 0 Å². The molecule has 0 unspecified atom stereocenters. The Morgan fingerprint density at radius 2 is 2.05 bits per heavy atom. The van der Waals surface area contributed by atoms with Gasteiger partial charge in [-0.05, 0) is 6.07 Å². The molecule has 7 nitrogen and oxygen atoms in total. The Morgan fingerprint density at radius 3 is 2.57 bits per heavy atom. The summed E-state index contributed by atoms with van der Waals surface area (Å²) in [6.07, 6.45) is 0. The van der Waals surface area contributed by atoms with E-state index in [1.165, 1.54) is 0 Å². The largest absolute Gasteiger partial charge is 0.465 e. The van der Waals surface area contributed by atoms with E-state index in [0.717, 1.165) is 13.2 Å². The van der Waals surface area contributed by atoms with Gasteiger partial charge in [0.25, 0.3) is 5.69 Å². The van der Waals surface area contributed by atoms with E-state index in [4.69, 9.17) is 0 Å². The van der Waals surface area contributed by atoms with E-state index in [1.807, 2.05) is 0 Å². The van der Waals surface area contributed by atoms with Gasteiger partial charge in [-0.2, -0.15) is 0 Å². The second-order valence-electron chi connectivity index (χ2n) is 4.40. The van der Waals surface area contributed by atoms with Gasteiger partial charge in [0.05, 0.1) is 23.7 Å². The van der Waals surface area contributed by atoms with Gasteiger partial charge < -0.3 is 9.64 Å². The molecular formula is C12H13FN2O5S. The van der Waals surface area contributed by atoms with Gasteiger partial charge >= 0.3 is 5.97 Å². The number of carbonyl (C=O) groups excluding carboxylic acids is 1. The Labute approximate surface area is 122 Å². The van der Waals surface area contributed by atoms with Crippen molar-refractivity contribution in [3.05, 3.63) is 33.6 Å². The number of anilines is 1. The summed E-state index contributed by atoms with van der Waals surface area (Å²) in [5.41, 5.74) is -0.642. The number of rotatable bonds is 3. The fourth-order valence-corrected chi connectivity index (χ4v) is 3.15. The van der Waals surface area contributed by atoms with Gasteiger partial charge in [0, 0.05) is 35.4 Å². The third-order valence-corrected chi connectivity index (χ3v) is 4.46. The average Bonchev–Trinajstić information content (AvgIpc) is 2.47. The van der Waals surface area contributed by atoms with Crippen molar-refractivity contribution in [1.82, 2.24) is 0 Å². The highest BCUT2D eigenvalue weighted by Gasteiger charge is 2.27. The molecule has 1 aliphatic rings. The number of nitro groups is 1. The normalized spacial score (nSPS) is 15.8. The van der Waals surface area contributed by atoms with Gasteiger partial charge in [-0.15, -0.1) is 0 Å². The van der Waals surface area contributed by atoms with Crippen molar-refractivity contribution in [1.29, 1.82) is 0 Å². The number of hydrogen-bond donors (Lipinski definition) is 0. The summed E-state index contributed by atoms with van der Waals surface area (Å²) in [7, 11) is 0.155. The highest BCUT2D eigenvalue weighted by atomic mass is 32.2. The first-order chi connectivity index (χ1) is 9.93. The zero-order valence-electron chi connectivity index (χ0n) is 11.2. The number of hydrogen-bond acceptors (Lipinski definition) is 6. The Kier molecular flexibility index (Phi) is 4.51. The second-order valence-corrected chi connectivity index (χ2v) is 6.10. The van der Waals surface area contributed by atoms with Crippen LogP contribution >= 0.6 is 0 Å². The molecular weight excluding hydrogens is 303 g/mol. The number of carbonyl (C=O) groups is 1. The third-order valence-electron chi connectivity index (χ3n) is 3.18. The molecule has 21 heavy (non-hydrogen) atoms. The summed E-state index contributed by atoms with van der Waals surface area (Å²) in [6.45, 7) is 0.694. The van der Waals surface area contributed by atoms with Crippen LogP contribution in [0, 0.1) is 15.9 Å². The topological polar surface area (TPSA) is 89.8 Å². The summed E-state index contributed by atoms with van der Waals surface area (Å²) >= 11 is 0. The molecule has 1 heterocycles. The number of methoxy groups -OCH3 is 1. The molecule has 0 saturated carbocycles. The summed E-state index contributed by atoms with van der Waals surface area (Å²) < 4.78 is 29.6. The minimum atomic E-state index is -1.00. The zero-order valence-corrected chi connectivity index (χ0v) is 12.0. The number of halogens is 1. The van der Waals surface area contributed by atoms with Crippen LogP contribution in [-0.4, -0.2) is 46.8 Å². The molecule has 1 saturated heterocycles. The number of ether oxygens (including phenoxy) is 1. The van der Waals surface area contributed by atoms with E-state index in [1.54, 1.807) is 4.90 Å². The van der Waals surface area contributed by atoms with Crippen LogP contribution < -0.4 is 4.90 Å². The van der Waals surface area contributed by atoms with Crippen LogP contribution in [0.1, 0.15) is 10.4 Å². The Balaban J connectivity index is 2.48. The molecule has 0 N–H and O–H groups in total. The average molecular weight is 316 g/mol. The van der Waals surface area contributed by atoms with Crippen LogP contribution in [0.5, 0.6) is 0 Å². The molecule has 2 rings (SSSR count). The molecule has 1 aromatic carbocycles. The van der Waals surface area contributed by atoms with Crippen molar-refractivity contribution >= 4 is 28.1 Å². The summed E-state index contributed by atoms with van der Waals surface area (Å²) in [6, 6.07) is 1.83. The molecule has 1 fully saturated rings. The lowest BCUT2D eigenvalue weighted by molar-refractivity contribution is -0.384. The van der Waals surface area contributed by atoms with Gasteiger partial charge in [0.1, 0.15) is 11.5 Å². The Morgan fingerprint density at radius 1 is 1.43 bits per heavy atom. The lowest BCUT2D eigenvalue weighted by atomic mass is 10.1. The predicted octanol–water partition coefficient (Wildman–Crippen LogP) is 1.09. The van der Waals surface area contributed by atoms with Crippen LogP contribution in [0.4, 0.5) is 15.8 Å². The lowest BCUT2D eigenvalue weighted by Crippen LogP contribution is -2.38. The first kappa shape index (κ1) is 15.4. The molecule has 9 heteroatoms. The Hall–Kier alpha value is -2.03. The van der Waals surface area contributed by atoms with Crippen molar-refractivity contribution in [2.75, 3.05) is 36.6 Å². The Bertz CT molecular complexity index is 612. The molecule has 0 aliphatic carbocycles. The molecule has 1 aromatic rings. The molecule has 0 bridgehead atoms. The maximum absolute atomic E-state index is 13.8. The predicted molar refractivity (Wildman–Crippen MR) is 74.5 cm³/mol. The van der Waals surface area contributed by atoms with Crippen LogP contribution in [0.2, 0.25) is 0 Å². The highest BCUT2D eigenvalue weighted by Crippen LogP contribution is 2.32. The van der Waals surface area contributed by atoms with Crippen LogP contribution in [0.3, 0.4) is 0 Å². The van der Waals surface area contributed by atoms with Crippen LogP contribution in [0.15, 0.2) is 12.1 Å². The van der Waals surface area contributed by atoms with E-state index in [-0.39, 0.29) is 11.3 Å². The minimum absolute atomic E-state index is 0.138. The van der Waals surface area contributed by atoms with Gasteiger partial charge in [-0.25, -0.2) is 9.18 Å². The number of benzene rings is 1. The van der Waals surface area contributed by atoms with Crippen molar-refractivity contribution in [3.63, 3.8) is 0 Å². The second kappa shape index (κ2) is 6.17. The highest BCUT2D eigenvalue weighted by molar-refractivity contribution is 7.85. The third kappa shape index (κ3) is 3.18. The summed E-state index contributed by atoms with van der Waals surface area (Å²) in [5.74, 6) is -1.15. The molecule has 0 atom stereocenters. The van der Waals surface area contributed by atoms with Crippen LogP contribution in [0.25, 0.3) is 0 Å². The lowest BCUT2D eigenvalue weighted by Gasteiger charge is -2.28. The van der Waals surface area contributed by atoms with E-state index in [2.05, 4.69) is 4.74 Å². The number of esters is 1. The maximum Gasteiger partial charge on any atom is 0.340 e. The fourth-order valence-electron chi connectivity index (χ4n) is 2.10. The summed E-state index contributed by atoms with van der Waals surface area (Å²) in [4.78, 5) is 23.5. The van der Waals surface area contributed by atoms with Crippen LogP contribution in [-0.2, 0) is 15.5 Å². The summed E-state index contributed by atoms with van der Waals surface area (Å²) in [5, 5.41) is 11.1. The van der Waals surface area contributed by atoms with E-state index in [9.17, 15) is 23.5 Å².